The van der Waals surface area contributed by atoms with Crippen molar-refractivity contribution < 1.29 is 0 Å². The molecule has 1 rings (SSSR count). The topological polar surface area (TPSA) is 0 Å². The van der Waals surface area contributed by atoms with E-state index in [0.29, 0.717) is 23.2 Å². The Bertz CT molecular complexity index is 572. The lowest BCUT2D eigenvalue weighted by molar-refractivity contribution is -0.190. The van der Waals surface area contributed by atoms with Crippen LogP contribution in [0.2, 0.25) is 0 Å². The largest absolute Gasteiger partial charge is 0.173 e. The molecule has 0 aliphatic heterocycles. The molecular formula is C28H56S2. The highest BCUT2D eigenvalue weighted by molar-refractivity contribution is 7.81. The summed E-state index contributed by atoms with van der Waals surface area (Å²) in [5.74, 6) is 2.62. The van der Waals surface area contributed by atoms with Crippen LogP contribution in [-0.4, -0.2) is 9.49 Å². The molecule has 1 aliphatic rings. The van der Waals surface area contributed by atoms with E-state index in [9.17, 15) is 0 Å². The molecule has 1 saturated carbocycles. The van der Waals surface area contributed by atoms with Crippen LogP contribution in [0.3, 0.4) is 0 Å². The van der Waals surface area contributed by atoms with E-state index < -0.39 is 0 Å². The number of rotatable bonds is 6. The summed E-state index contributed by atoms with van der Waals surface area (Å²) in [6.07, 6.45) is 4.86. The molecule has 2 heteroatoms. The van der Waals surface area contributed by atoms with E-state index in [1.165, 1.54) is 12.8 Å². The fraction of sp³-hybridized carbons (Fsp3) is 1.00. The normalized spacial score (nSPS) is 34.2. The Kier molecular flexibility index (Phi) is 8.44. The third-order valence-electron chi connectivity index (χ3n) is 9.53. The van der Waals surface area contributed by atoms with Gasteiger partial charge in [-0.3, -0.25) is 0 Å². The monoisotopic (exact) mass is 456 g/mol. The second-order valence-electron chi connectivity index (χ2n) is 14.5. The molecule has 0 amide bonds. The maximum atomic E-state index is 5.05. The van der Waals surface area contributed by atoms with Gasteiger partial charge in [-0.05, 0) is 71.0 Å². The van der Waals surface area contributed by atoms with Gasteiger partial charge in [-0.2, -0.15) is 25.3 Å². The third-order valence-corrected chi connectivity index (χ3v) is 9.87. The van der Waals surface area contributed by atoms with Gasteiger partial charge < -0.3 is 0 Å². The molecule has 1 fully saturated rings. The molecule has 0 N–H and O–H groups in total. The molecule has 0 aromatic heterocycles. The smallest absolute Gasteiger partial charge is 0.00784 e. The molecule has 0 radical (unpaired) electrons. The van der Waals surface area contributed by atoms with Gasteiger partial charge in [0, 0.05) is 9.49 Å². The summed E-state index contributed by atoms with van der Waals surface area (Å²) in [5.41, 5.74) is 0.928. The molecule has 0 aromatic rings. The summed E-state index contributed by atoms with van der Waals surface area (Å²) < 4.78 is 0.0418. The van der Waals surface area contributed by atoms with Crippen molar-refractivity contribution in [1.82, 2.24) is 0 Å². The zero-order chi connectivity index (χ0) is 24.1. The molecule has 0 bridgehead atoms. The maximum absolute atomic E-state index is 5.05. The predicted molar refractivity (Wildman–Crippen MR) is 145 cm³/mol. The van der Waals surface area contributed by atoms with Crippen molar-refractivity contribution in [2.75, 3.05) is 0 Å². The Morgan fingerprint density at radius 2 is 1.27 bits per heavy atom. The molecule has 180 valence electrons. The minimum Gasteiger partial charge on any atom is -0.173 e. The molecule has 0 spiro atoms. The van der Waals surface area contributed by atoms with Crippen molar-refractivity contribution in [3.8, 4) is 0 Å². The Hall–Kier alpha value is 0.700. The first-order valence-electron chi connectivity index (χ1n) is 12.5. The molecule has 0 heterocycles. The Balaban J connectivity index is 3.88. The lowest BCUT2D eigenvalue weighted by atomic mass is 9.37. The minimum atomic E-state index is 0.0108. The molecule has 0 nitrogen and oxygen atoms in total. The molecule has 30 heavy (non-hydrogen) atoms. The molecule has 1 aliphatic carbocycles. The van der Waals surface area contributed by atoms with Gasteiger partial charge in [-0.1, -0.05) is 96.9 Å². The van der Waals surface area contributed by atoms with Crippen molar-refractivity contribution in [2.45, 2.75) is 132 Å². The molecule has 0 aromatic carbocycles. The van der Waals surface area contributed by atoms with E-state index in [0.717, 1.165) is 18.8 Å². The number of hydrogen-bond donors (Lipinski definition) is 2. The van der Waals surface area contributed by atoms with E-state index in [2.05, 4.69) is 96.9 Å². The SMILES string of the molecule is CC1CC(C)C(C)(C)C(C(C)CC(C)(C)S)(C(C)(C)CC(C)(C)S)C(C)CC1(C)C. The van der Waals surface area contributed by atoms with Gasteiger partial charge in [0.15, 0.2) is 0 Å². The van der Waals surface area contributed by atoms with Crippen molar-refractivity contribution in [2.24, 2.45) is 45.3 Å². The van der Waals surface area contributed by atoms with E-state index in [1.807, 2.05) is 0 Å². The first-order chi connectivity index (χ1) is 13.0. The Morgan fingerprint density at radius 3 is 1.67 bits per heavy atom. The standard InChI is InChI=1S/C28H56S2/c1-19-15-20(2)27(13,14)28(21(3)16-23(19,5)6,22(4)17-25(9,10)29)24(7,8)18-26(11,12)30/h19-22,29-30H,15-18H2,1-14H3. The van der Waals surface area contributed by atoms with Crippen LogP contribution >= 0.6 is 25.3 Å². The van der Waals surface area contributed by atoms with Gasteiger partial charge in [0.25, 0.3) is 0 Å². The van der Waals surface area contributed by atoms with E-state index in [-0.39, 0.29) is 25.7 Å². The lowest BCUT2D eigenvalue weighted by Gasteiger charge is -2.68. The highest BCUT2D eigenvalue weighted by atomic mass is 32.1. The average molecular weight is 457 g/mol. The summed E-state index contributed by atoms with van der Waals surface area (Å²) in [4.78, 5) is 0. The maximum Gasteiger partial charge on any atom is 0.00784 e. The van der Waals surface area contributed by atoms with Crippen LogP contribution in [-0.2, 0) is 0 Å². The third kappa shape index (κ3) is 5.60. The molecule has 5 unspecified atom stereocenters. The van der Waals surface area contributed by atoms with Crippen LogP contribution in [0, 0.1) is 45.3 Å². The summed E-state index contributed by atoms with van der Waals surface area (Å²) in [6, 6.07) is 0. The lowest BCUT2D eigenvalue weighted by Crippen LogP contribution is -2.62. The average Bonchev–Trinajstić information content (AvgIpc) is 2.40. The summed E-state index contributed by atoms with van der Waals surface area (Å²) >= 11 is 10.1. The van der Waals surface area contributed by atoms with Crippen LogP contribution in [0.5, 0.6) is 0 Å². The highest BCUT2D eigenvalue weighted by Crippen LogP contribution is 2.70. The zero-order valence-electron chi connectivity index (χ0n) is 23.0. The minimum absolute atomic E-state index is 0.0108. The number of hydrogen-bond acceptors (Lipinski definition) is 2. The molecule has 5 atom stereocenters. The van der Waals surface area contributed by atoms with Crippen LogP contribution in [0.15, 0.2) is 0 Å². The predicted octanol–water partition coefficient (Wildman–Crippen LogP) is 9.59. The van der Waals surface area contributed by atoms with Crippen LogP contribution in [0.4, 0.5) is 0 Å². The fourth-order valence-corrected chi connectivity index (χ4v) is 9.47. The van der Waals surface area contributed by atoms with Crippen molar-refractivity contribution in [3.05, 3.63) is 0 Å². The Morgan fingerprint density at radius 1 is 0.800 bits per heavy atom. The zero-order valence-corrected chi connectivity index (χ0v) is 24.8. The van der Waals surface area contributed by atoms with Crippen LogP contribution < -0.4 is 0 Å². The number of thiol groups is 2. The first kappa shape index (κ1) is 28.7. The van der Waals surface area contributed by atoms with Gasteiger partial charge in [0.1, 0.15) is 0 Å². The van der Waals surface area contributed by atoms with Crippen LogP contribution in [0.1, 0.15) is 123 Å². The van der Waals surface area contributed by atoms with Gasteiger partial charge in [-0.25, -0.2) is 0 Å². The molecular weight excluding hydrogens is 400 g/mol. The summed E-state index contributed by atoms with van der Waals surface area (Å²) in [7, 11) is 0. The van der Waals surface area contributed by atoms with Crippen LogP contribution in [0.25, 0.3) is 0 Å². The van der Waals surface area contributed by atoms with Crippen molar-refractivity contribution in [3.63, 3.8) is 0 Å². The fourth-order valence-electron chi connectivity index (χ4n) is 8.80. The van der Waals surface area contributed by atoms with E-state index in [1.54, 1.807) is 0 Å². The highest BCUT2D eigenvalue weighted by Gasteiger charge is 2.63. The summed E-state index contributed by atoms with van der Waals surface area (Å²) in [6.45, 7) is 34.8. The molecule has 0 saturated heterocycles. The van der Waals surface area contributed by atoms with Gasteiger partial charge >= 0.3 is 0 Å². The second kappa shape index (κ2) is 8.81. The summed E-state index contributed by atoms with van der Waals surface area (Å²) in [5, 5.41) is 0. The van der Waals surface area contributed by atoms with Gasteiger partial charge in [-0.15, -0.1) is 0 Å². The van der Waals surface area contributed by atoms with Gasteiger partial charge in [0.05, 0.1) is 0 Å². The Labute approximate surface area is 202 Å². The first-order valence-corrected chi connectivity index (χ1v) is 13.4. The quantitative estimate of drug-likeness (QED) is 0.365. The second-order valence-corrected chi connectivity index (χ2v) is 16.9. The van der Waals surface area contributed by atoms with E-state index >= 15 is 0 Å². The van der Waals surface area contributed by atoms with E-state index in [4.69, 9.17) is 25.3 Å². The van der Waals surface area contributed by atoms with Crippen molar-refractivity contribution in [1.29, 1.82) is 0 Å². The van der Waals surface area contributed by atoms with Gasteiger partial charge in [0.2, 0.25) is 0 Å². The van der Waals surface area contributed by atoms with Crippen molar-refractivity contribution >= 4 is 25.3 Å².